The highest BCUT2D eigenvalue weighted by Crippen LogP contribution is 2.19. The highest BCUT2D eigenvalue weighted by Gasteiger charge is 2.30. The number of carbonyl (C=O) groups excluding carboxylic acids is 2. The van der Waals surface area contributed by atoms with E-state index in [0.29, 0.717) is 25.8 Å². The minimum Gasteiger partial charge on any atom is -0.497 e. The Hall–Kier alpha value is -2.82. The van der Waals surface area contributed by atoms with Crippen molar-refractivity contribution in [1.82, 2.24) is 10.2 Å². The van der Waals surface area contributed by atoms with E-state index < -0.39 is 6.04 Å². The van der Waals surface area contributed by atoms with Gasteiger partial charge in [-0.3, -0.25) is 9.59 Å². The summed E-state index contributed by atoms with van der Waals surface area (Å²) in [6.07, 6.45) is 1.54. The minimum atomic E-state index is -0.532. The molecule has 5 heteroatoms. The quantitative estimate of drug-likeness (QED) is 0.637. The predicted octanol–water partition coefficient (Wildman–Crippen LogP) is 4.66. The van der Waals surface area contributed by atoms with Gasteiger partial charge >= 0.3 is 0 Å². The van der Waals surface area contributed by atoms with Crippen molar-refractivity contribution in [3.05, 3.63) is 65.2 Å². The van der Waals surface area contributed by atoms with E-state index in [-0.39, 0.29) is 17.4 Å². The predicted molar refractivity (Wildman–Crippen MR) is 125 cm³/mol. The molecule has 31 heavy (non-hydrogen) atoms. The molecule has 0 aliphatic carbocycles. The van der Waals surface area contributed by atoms with Crippen LogP contribution in [0.1, 0.15) is 57.2 Å². The molecule has 2 amide bonds. The molecule has 0 heterocycles. The third-order valence-corrected chi connectivity index (χ3v) is 5.12. The third kappa shape index (κ3) is 7.74. The molecule has 0 radical (unpaired) electrons. The molecular weight excluding hydrogens is 388 g/mol. The van der Waals surface area contributed by atoms with E-state index in [1.54, 1.807) is 12.0 Å². The van der Waals surface area contributed by atoms with Gasteiger partial charge in [0, 0.05) is 18.5 Å². The molecule has 168 valence electrons. The molecule has 0 saturated carbocycles. The number of benzene rings is 2. The zero-order valence-electron chi connectivity index (χ0n) is 19.7. The van der Waals surface area contributed by atoms with Gasteiger partial charge in [0.05, 0.1) is 7.11 Å². The molecule has 2 aromatic rings. The first kappa shape index (κ1) is 24.4. The maximum Gasteiger partial charge on any atom is 0.243 e. The van der Waals surface area contributed by atoms with Crippen molar-refractivity contribution < 1.29 is 14.3 Å². The van der Waals surface area contributed by atoms with Gasteiger partial charge in [-0.25, -0.2) is 0 Å². The molecule has 0 spiro atoms. The lowest BCUT2D eigenvalue weighted by Crippen LogP contribution is -2.53. The highest BCUT2D eigenvalue weighted by molar-refractivity contribution is 5.88. The number of nitrogens with zero attached hydrogens (tertiary/aromatic N) is 1. The number of nitrogens with one attached hydrogen (secondary N) is 1. The van der Waals surface area contributed by atoms with Gasteiger partial charge in [-0.05, 0) is 63.8 Å². The summed E-state index contributed by atoms with van der Waals surface area (Å²) in [7, 11) is 1.62. The van der Waals surface area contributed by atoms with Crippen molar-refractivity contribution in [2.75, 3.05) is 7.11 Å². The highest BCUT2D eigenvalue weighted by atomic mass is 16.5. The van der Waals surface area contributed by atoms with Crippen LogP contribution >= 0.6 is 0 Å². The van der Waals surface area contributed by atoms with Crippen LogP contribution in [0.2, 0.25) is 0 Å². The second-order valence-electron chi connectivity index (χ2n) is 9.02. The van der Waals surface area contributed by atoms with Gasteiger partial charge < -0.3 is 15.0 Å². The number of hydrogen-bond donors (Lipinski definition) is 1. The lowest BCUT2D eigenvalue weighted by molar-refractivity contribution is -0.142. The number of carbonyl (C=O) groups is 2. The Kier molecular flexibility index (Phi) is 8.66. The van der Waals surface area contributed by atoms with Gasteiger partial charge in [0.2, 0.25) is 11.8 Å². The number of aryl methyl sites for hydroxylation is 2. The Morgan fingerprint density at radius 3 is 2.32 bits per heavy atom. The van der Waals surface area contributed by atoms with Crippen molar-refractivity contribution in [2.24, 2.45) is 0 Å². The van der Waals surface area contributed by atoms with Crippen molar-refractivity contribution in [3.8, 4) is 5.75 Å². The van der Waals surface area contributed by atoms with Crippen LogP contribution in [-0.2, 0) is 22.6 Å². The van der Waals surface area contributed by atoms with Crippen LogP contribution in [0.5, 0.6) is 5.75 Å². The first-order valence-electron chi connectivity index (χ1n) is 10.9. The largest absolute Gasteiger partial charge is 0.497 e. The fourth-order valence-corrected chi connectivity index (χ4v) is 3.49. The number of methoxy groups -OCH3 is 1. The van der Waals surface area contributed by atoms with E-state index in [2.05, 4.69) is 29.6 Å². The second-order valence-corrected chi connectivity index (χ2v) is 9.02. The van der Waals surface area contributed by atoms with E-state index in [0.717, 1.165) is 16.9 Å². The van der Waals surface area contributed by atoms with Crippen molar-refractivity contribution in [1.29, 1.82) is 0 Å². The summed E-state index contributed by atoms with van der Waals surface area (Å²) in [5.74, 6) is 0.581. The van der Waals surface area contributed by atoms with Crippen LogP contribution in [0, 0.1) is 6.92 Å². The standard InChI is InChI=1S/C26H36N2O3/c1-7-23(25(30)27-26(3,4)5)28(18-21-9-8-10-22(17-21)31-6)24(29)16-15-20-13-11-19(2)12-14-20/h8-14,17,23H,7,15-16,18H2,1-6H3,(H,27,30). The van der Waals surface area contributed by atoms with E-state index in [1.807, 2.05) is 58.9 Å². The van der Waals surface area contributed by atoms with Gasteiger partial charge in [-0.2, -0.15) is 0 Å². The van der Waals surface area contributed by atoms with Crippen LogP contribution in [0.15, 0.2) is 48.5 Å². The molecule has 0 bridgehead atoms. The summed E-state index contributed by atoms with van der Waals surface area (Å²) in [5, 5.41) is 3.04. The Bertz CT molecular complexity index is 869. The van der Waals surface area contributed by atoms with Gasteiger partial charge in [0.15, 0.2) is 0 Å². The van der Waals surface area contributed by atoms with Gasteiger partial charge in [0.1, 0.15) is 11.8 Å². The first-order chi connectivity index (χ1) is 14.6. The zero-order valence-corrected chi connectivity index (χ0v) is 19.7. The Labute approximate surface area is 186 Å². The molecule has 1 unspecified atom stereocenters. The molecule has 0 fully saturated rings. The van der Waals surface area contributed by atoms with Crippen LogP contribution in [0.25, 0.3) is 0 Å². The molecule has 0 aliphatic rings. The normalized spacial score (nSPS) is 12.2. The minimum absolute atomic E-state index is 0.0284. The molecular formula is C26H36N2O3. The SMILES string of the molecule is CCC(C(=O)NC(C)(C)C)N(Cc1cccc(OC)c1)C(=O)CCc1ccc(C)cc1. The van der Waals surface area contributed by atoms with Crippen LogP contribution in [-0.4, -0.2) is 35.4 Å². The number of ether oxygens (including phenoxy) is 1. The number of hydrogen-bond acceptors (Lipinski definition) is 3. The van der Waals surface area contributed by atoms with Crippen LogP contribution in [0.3, 0.4) is 0 Å². The molecule has 1 atom stereocenters. The maximum absolute atomic E-state index is 13.3. The second kappa shape index (κ2) is 11.0. The monoisotopic (exact) mass is 424 g/mol. The molecule has 1 N–H and O–H groups in total. The Morgan fingerprint density at radius 1 is 1.06 bits per heavy atom. The van der Waals surface area contributed by atoms with Crippen molar-refractivity contribution in [3.63, 3.8) is 0 Å². The maximum atomic E-state index is 13.3. The van der Waals surface area contributed by atoms with E-state index in [1.165, 1.54) is 5.56 Å². The topological polar surface area (TPSA) is 58.6 Å². The van der Waals surface area contributed by atoms with Gasteiger partial charge in [0.25, 0.3) is 0 Å². The van der Waals surface area contributed by atoms with E-state index in [9.17, 15) is 9.59 Å². The third-order valence-electron chi connectivity index (χ3n) is 5.12. The van der Waals surface area contributed by atoms with Gasteiger partial charge in [-0.15, -0.1) is 0 Å². The summed E-state index contributed by atoms with van der Waals surface area (Å²) >= 11 is 0. The molecule has 2 rings (SSSR count). The summed E-state index contributed by atoms with van der Waals surface area (Å²) in [4.78, 5) is 28.1. The van der Waals surface area contributed by atoms with Crippen molar-refractivity contribution in [2.45, 2.75) is 72.0 Å². The zero-order chi connectivity index (χ0) is 23.0. The summed E-state index contributed by atoms with van der Waals surface area (Å²) in [5.41, 5.74) is 2.88. The molecule has 0 saturated heterocycles. The lowest BCUT2D eigenvalue weighted by atomic mass is 10.0. The average Bonchev–Trinajstić information content (AvgIpc) is 2.71. The van der Waals surface area contributed by atoms with E-state index in [4.69, 9.17) is 4.74 Å². The Morgan fingerprint density at radius 2 is 1.74 bits per heavy atom. The van der Waals surface area contributed by atoms with E-state index >= 15 is 0 Å². The fraction of sp³-hybridized carbons (Fsp3) is 0.462. The summed E-state index contributed by atoms with van der Waals surface area (Å²) in [6.45, 7) is 10.2. The molecule has 0 aliphatic heterocycles. The van der Waals surface area contributed by atoms with Crippen LogP contribution < -0.4 is 10.1 Å². The smallest absolute Gasteiger partial charge is 0.243 e. The number of amides is 2. The lowest BCUT2D eigenvalue weighted by Gasteiger charge is -2.33. The van der Waals surface area contributed by atoms with Crippen LogP contribution in [0.4, 0.5) is 0 Å². The fourth-order valence-electron chi connectivity index (χ4n) is 3.49. The Balaban J connectivity index is 2.24. The average molecular weight is 425 g/mol. The molecule has 0 aromatic heterocycles. The van der Waals surface area contributed by atoms with Gasteiger partial charge in [-0.1, -0.05) is 48.9 Å². The number of rotatable bonds is 9. The molecule has 5 nitrogen and oxygen atoms in total. The first-order valence-corrected chi connectivity index (χ1v) is 10.9. The summed E-state index contributed by atoms with van der Waals surface area (Å²) < 4.78 is 5.33. The molecule has 2 aromatic carbocycles. The van der Waals surface area contributed by atoms with Crippen molar-refractivity contribution >= 4 is 11.8 Å². The summed E-state index contributed by atoms with van der Waals surface area (Å²) in [6, 6.07) is 15.3.